The quantitative estimate of drug-likeness (QED) is 0.292. The molecule has 3 rings (SSSR count). The molecule has 1 saturated carbocycles. The van der Waals surface area contributed by atoms with Crippen LogP contribution in [0.15, 0.2) is 53.4 Å². The van der Waals surface area contributed by atoms with Gasteiger partial charge < -0.3 is 5.32 Å². The van der Waals surface area contributed by atoms with Crippen molar-refractivity contribution in [2.45, 2.75) is 61.1 Å². The highest BCUT2D eigenvalue weighted by molar-refractivity contribution is 7.98. The summed E-state index contributed by atoms with van der Waals surface area (Å²) in [6.45, 7) is 0.804. The molecule has 2 aromatic carbocycles. The molecule has 0 saturated heterocycles. The molecule has 0 bridgehead atoms. The number of benzene rings is 2. The topological polar surface area (TPSA) is 64.9 Å². The molecule has 1 aliphatic rings. The van der Waals surface area contributed by atoms with Crippen molar-refractivity contribution in [3.63, 3.8) is 0 Å². The van der Waals surface area contributed by atoms with Crippen molar-refractivity contribution in [3.8, 4) is 17.2 Å². The second-order valence-electron chi connectivity index (χ2n) is 8.91. The fourth-order valence-corrected chi connectivity index (χ4v) is 4.09. The smallest absolute Gasteiger partial charge is 0.336 e. The first kappa shape index (κ1) is 27.9. The van der Waals surface area contributed by atoms with Crippen LogP contribution in [0.25, 0.3) is 11.1 Å². The van der Waals surface area contributed by atoms with Crippen LogP contribution in [-0.4, -0.2) is 36.1 Å². The number of nitrogens with zero attached hydrogens (tertiary/aromatic N) is 1. The second-order valence-corrected chi connectivity index (χ2v) is 9.79. The Hall–Kier alpha value is -2.71. The lowest BCUT2D eigenvalue weighted by Crippen LogP contribution is -2.52. The van der Waals surface area contributed by atoms with Gasteiger partial charge >= 0.3 is 12.4 Å². The minimum atomic E-state index is -4.89. The number of rotatable bonds is 9. The summed E-state index contributed by atoms with van der Waals surface area (Å²) in [5.74, 6) is -3.11. The molecule has 0 heterocycles. The number of carbonyl (C=O) groups is 1. The highest BCUT2D eigenvalue weighted by atomic mass is 32.2. The van der Waals surface area contributed by atoms with E-state index in [-0.39, 0.29) is 5.56 Å². The zero-order valence-corrected chi connectivity index (χ0v) is 20.3. The molecule has 0 aromatic heterocycles. The number of amides is 1. The van der Waals surface area contributed by atoms with Gasteiger partial charge in [0.05, 0.1) is 18.0 Å². The van der Waals surface area contributed by atoms with Gasteiger partial charge in [0.2, 0.25) is 5.91 Å². The summed E-state index contributed by atoms with van der Waals surface area (Å²) in [5.41, 5.74) is -0.0269. The van der Waals surface area contributed by atoms with Gasteiger partial charge in [-0.3, -0.25) is 10.1 Å². The maximum Gasteiger partial charge on any atom is 0.407 e. The third-order valence-corrected chi connectivity index (χ3v) is 6.90. The monoisotopic (exact) mass is 529 g/mol. The van der Waals surface area contributed by atoms with Crippen molar-refractivity contribution < 1.29 is 31.1 Å². The average molecular weight is 530 g/mol. The number of hydrogen-bond acceptors (Lipinski definition) is 4. The Labute approximate surface area is 209 Å². The van der Waals surface area contributed by atoms with Crippen LogP contribution in [0, 0.1) is 17.2 Å². The summed E-state index contributed by atoms with van der Waals surface area (Å²) in [5, 5.41) is 13.6. The predicted octanol–water partition coefficient (Wildman–Crippen LogP) is 6.40. The van der Waals surface area contributed by atoms with Crippen LogP contribution in [0.3, 0.4) is 0 Å². The number of nitriles is 1. The van der Waals surface area contributed by atoms with Gasteiger partial charge in [-0.2, -0.15) is 31.6 Å². The van der Waals surface area contributed by atoms with Crippen molar-refractivity contribution in [3.05, 3.63) is 54.1 Å². The summed E-state index contributed by atoms with van der Waals surface area (Å²) in [6.07, 6.45) is -8.01. The largest absolute Gasteiger partial charge is 0.407 e. The molecule has 2 aromatic rings. The van der Waals surface area contributed by atoms with Crippen LogP contribution < -0.4 is 10.6 Å². The molecule has 0 aliphatic heterocycles. The van der Waals surface area contributed by atoms with E-state index in [2.05, 4.69) is 10.6 Å². The molecule has 1 unspecified atom stereocenters. The van der Waals surface area contributed by atoms with Crippen LogP contribution in [0.4, 0.5) is 26.3 Å². The molecule has 4 nitrogen and oxygen atoms in total. The third-order valence-electron chi connectivity index (χ3n) is 6.15. The van der Waals surface area contributed by atoms with Gasteiger partial charge in [-0.1, -0.05) is 43.3 Å². The highest BCUT2D eigenvalue weighted by Crippen LogP contribution is 2.38. The van der Waals surface area contributed by atoms with Crippen LogP contribution >= 0.6 is 11.8 Å². The summed E-state index contributed by atoms with van der Waals surface area (Å²) < 4.78 is 81.8. The molecular weight excluding hydrogens is 504 g/mol. The summed E-state index contributed by atoms with van der Waals surface area (Å²) >= 11 is 1.55. The van der Waals surface area contributed by atoms with Crippen LogP contribution in [0.1, 0.15) is 37.8 Å². The number of halogens is 6. The van der Waals surface area contributed by atoms with Gasteiger partial charge in [0, 0.05) is 4.90 Å². The fourth-order valence-electron chi connectivity index (χ4n) is 3.68. The molecule has 36 heavy (non-hydrogen) atoms. The van der Waals surface area contributed by atoms with E-state index in [1.165, 1.54) is 24.3 Å². The molecule has 1 fully saturated rings. The SMILES string of the molecule is CSc1ccc(-c2ccc([C@H](NC(C[C@H](C)C(F)(F)F)C(=O)NC3(C#N)CC3)C(F)(F)F)cc2)cc1. The Morgan fingerprint density at radius 3 is 1.94 bits per heavy atom. The molecule has 0 spiro atoms. The Kier molecular flexibility index (Phi) is 8.30. The first-order valence-corrected chi connectivity index (χ1v) is 12.4. The Morgan fingerprint density at radius 1 is 1.00 bits per heavy atom. The van der Waals surface area contributed by atoms with E-state index in [0.29, 0.717) is 18.4 Å². The Morgan fingerprint density at radius 2 is 1.53 bits per heavy atom. The van der Waals surface area contributed by atoms with Gasteiger partial charge in [0.1, 0.15) is 11.6 Å². The van der Waals surface area contributed by atoms with Crippen molar-refractivity contribution >= 4 is 17.7 Å². The summed E-state index contributed by atoms with van der Waals surface area (Å²) in [4.78, 5) is 13.8. The van der Waals surface area contributed by atoms with E-state index in [1.54, 1.807) is 11.8 Å². The van der Waals surface area contributed by atoms with Gasteiger partial charge in [-0.15, -0.1) is 11.8 Å². The van der Waals surface area contributed by atoms with Crippen LogP contribution in [0.5, 0.6) is 0 Å². The molecule has 3 atom stereocenters. The fraction of sp³-hybridized carbons (Fsp3) is 0.440. The van der Waals surface area contributed by atoms with Gasteiger partial charge in [-0.05, 0) is 54.3 Å². The van der Waals surface area contributed by atoms with Crippen molar-refractivity contribution in [1.82, 2.24) is 10.6 Å². The Balaban J connectivity index is 1.87. The third kappa shape index (κ3) is 6.95. The lowest BCUT2D eigenvalue weighted by atomic mass is 9.96. The maximum absolute atomic E-state index is 14.1. The van der Waals surface area contributed by atoms with Crippen molar-refractivity contribution in [2.75, 3.05) is 6.26 Å². The molecular formula is C25H25F6N3OS. The zero-order chi connectivity index (χ0) is 26.7. The van der Waals surface area contributed by atoms with E-state index in [9.17, 15) is 36.4 Å². The highest BCUT2D eigenvalue weighted by Gasteiger charge is 2.49. The number of nitrogens with one attached hydrogen (secondary N) is 2. The van der Waals surface area contributed by atoms with E-state index in [1.807, 2.05) is 36.6 Å². The number of carbonyl (C=O) groups excluding carboxylic acids is 1. The normalized spacial score (nSPS) is 17.5. The maximum atomic E-state index is 14.1. The standard InChI is InChI=1S/C25H25F6N3OS/c1-15(24(26,27)28)13-20(22(35)34-23(14-32)11-12-23)33-21(25(29,30)31)18-5-3-16(4-6-18)17-7-9-19(36-2)10-8-17/h3-10,15,20-21,33H,11-13H2,1-2H3,(H,34,35)/t15-,20?,21-/m0/s1. The summed E-state index contributed by atoms with van der Waals surface area (Å²) in [6, 6.07) is 10.5. The molecule has 194 valence electrons. The summed E-state index contributed by atoms with van der Waals surface area (Å²) in [7, 11) is 0. The number of alkyl halides is 6. The Bertz CT molecular complexity index is 1090. The first-order chi connectivity index (χ1) is 16.8. The van der Waals surface area contributed by atoms with E-state index >= 15 is 0 Å². The molecule has 0 radical (unpaired) electrons. The van der Waals surface area contributed by atoms with Gasteiger partial charge in [0.25, 0.3) is 0 Å². The molecule has 1 aliphatic carbocycles. The zero-order valence-electron chi connectivity index (χ0n) is 19.5. The number of thioether (sulfide) groups is 1. The first-order valence-electron chi connectivity index (χ1n) is 11.1. The van der Waals surface area contributed by atoms with Gasteiger partial charge in [-0.25, -0.2) is 0 Å². The minimum absolute atomic E-state index is 0.245. The minimum Gasteiger partial charge on any atom is -0.336 e. The predicted molar refractivity (Wildman–Crippen MR) is 125 cm³/mol. The van der Waals surface area contributed by atoms with Crippen LogP contribution in [-0.2, 0) is 4.79 Å². The molecule has 1 amide bonds. The second kappa shape index (κ2) is 10.7. The van der Waals surface area contributed by atoms with Crippen molar-refractivity contribution in [1.29, 1.82) is 5.26 Å². The molecule has 11 heteroatoms. The van der Waals surface area contributed by atoms with Crippen molar-refractivity contribution in [2.24, 2.45) is 5.92 Å². The average Bonchev–Trinajstić information content (AvgIpc) is 3.60. The lowest BCUT2D eigenvalue weighted by molar-refractivity contribution is -0.177. The number of hydrogen-bond donors (Lipinski definition) is 2. The van der Waals surface area contributed by atoms with Crippen LogP contribution in [0.2, 0.25) is 0 Å². The van der Waals surface area contributed by atoms with Gasteiger partial charge in [0.15, 0.2) is 0 Å². The lowest BCUT2D eigenvalue weighted by Gasteiger charge is -2.30. The van der Waals surface area contributed by atoms with E-state index < -0.39 is 48.2 Å². The molecule has 2 N–H and O–H groups in total. The van der Waals surface area contributed by atoms with E-state index in [0.717, 1.165) is 17.4 Å². The van der Waals surface area contributed by atoms with E-state index in [4.69, 9.17) is 0 Å².